The molecule has 0 radical (unpaired) electrons. The minimum Gasteiger partial charge on any atom is -0.464 e. The highest BCUT2D eigenvalue weighted by molar-refractivity contribution is 5.75. The van der Waals surface area contributed by atoms with Gasteiger partial charge >= 0.3 is 5.97 Å². The Morgan fingerprint density at radius 1 is 1.25 bits per heavy atom. The third kappa shape index (κ3) is 4.23. The standard InChI is InChI=1S/C9H16O7/c1-2-3-16-9(15)8(14)7(13)6(12)5(11)4-10/h4-8,11-14H,2-3H2,1H3/t5-,6+,7-,8-/m0/s1. The fourth-order valence-electron chi connectivity index (χ4n) is 0.897. The van der Waals surface area contributed by atoms with Crippen LogP contribution in [-0.4, -0.2) is 63.7 Å². The summed E-state index contributed by atoms with van der Waals surface area (Å²) in [6.07, 6.45) is -7.28. The molecule has 94 valence electrons. The van der Waals surface area contributed by atoms with Crippen molar-refractivity contribution < 1.29 is 34.8 Å². The third-order valence-electron chi connectivity index (χ3n) is 1.85. The van der Waals surface area contributed by atoms with Crippen LogP contribution in [0.5, 0.6) is 0 Å². The van der Waals surface area contributed by atoms with Gasteiger partial charge in [0.25, 0.3) is 0 Å². The summed E-state index contributed by atoms with van der Waals surface area (Å²) in [4.78, 5) is 21.1. The van der Waals surface area contributed by atoms with E-state index in [0.29, 0.717) is 6.42 Å². The first-order chi connectivity index (χ1) is 7.45. The molecule has 4 atom stereocenters. The Morgan fingerprint density at radius 3 is 2.25 bits per heavy atom. The summed E-state index contributed by atoms with van der Waals surface area (Å²) in [6, 6.07) is 0. The second kappa shape index (κ2) is 7.29. The van der Waals surface area contributed by atoms with Crippen LogP contribution in [-0.2, 0) is 14.3 Å². The molecular formula is C9H16O7. The lowest BCUT2D eigenvalue weighted by molar-refractivity contribution is -0.169. The maximum Gasteiger partial charge on any atom is 0.337 e. The monoisotopic (exact) mass is 236 g/mol. The van der Waals surface area contributed by atoms with E-state index in [0.717, 1.165) is 0 Å². The number of hydrogen-bond donors (Lipinski definition) is 4. The van der Waals surface area contributed by atoms with Gasteiger partial charge in [0, 0.05) is 0 Å². The Labute approximate surface area is 92.3 Å². The molecule has 7 heteroatoms. The molecule has 0 saturated carbocycles. The summed E-state index contributed by atoms with van der Waals surface area (Å²) < 4.78 is 4.51. The zero-order valence-corrected chi connectivity index (χ0v) is 8.81. The Hall–Kier alpha value is -1.02. The van der Waals surface area contributed by atoms with E-state index >= 15 is 0 Å². The molecule has 0 aromatic heterocycles. The zero-order chi connectivity index (χ0) is 12.7. The number of esters is 1. The van der Waals surface area contributed by atoms with E-state index < -0.39 is 30.4 Å². The summed E-state index contributed by atoms with van der Waals surface area (Å²) in [5.41, 5.74) is 0. The van der Waals surface area contributed by atoms with Crippen LogP contribution < -0.4 is 0 Å². The highest BCUT2D eigenvalue weighted by Crippen LogP contribution is 2.05. The molecule has 0 aliphatic rings. The van der Waals surface area contributed by atoms with Crippen LogP contribution in [0.3, 0.4) is 0 Å². The summed E-state index contributed by atoms with van der Waals surface area (Å²) in [5, 5.41) is 36.4. The van der Waals surface area contributed by atoms with Gasteiger partial charge < -0.3 is 30.0 Å². The lowest BCUT2D eigenvalue weighted by Crippen LogP contribution is -2.48. The Kier molecular flexibility index (Phi) is 6.82. The largest absolute Gasteiger partial charge is 0.464 e. The van der Waals surface area contributed by atoms with Crippen molar-refractivity contribution in [2.45, 2.75) is 37.8 Å². The van der Waals surface area contributed by atoms with Gasteiger partial charge in [-0.15, -0.1) is 0 Å². The fraction of sp³-hybridized carbons (Fsp3) is 0.778. The maximum absolute atomic E-state index is 11.0. The van der Waals surface area contributed by atoms with Crippen molar-refractivity contribution in [1.29, 1.82) is 0 Å². The number of carbonyl (C=O) groups excluding carboxylic acids is 2. The highest BCUT2D eigenvalue weighted by Gasteiger charge is 2.35. The molecule has 7 nitrogen and oxygen atoms in total. The predicted molar refractivity (Wildman–Crippen MR) is 51.3 cm³/mol. The molecule has 0 aliphatic carbocycles. The summed E-state index contributed by atoms with van der Waals surface area (Å²) in [6.45, 7) is 1.80. The van der Waals surface area contributed by atoms with Gasteiger partial charge in [-0.3, -0.25) is 0 Å². The molecule has 0 heterocycles. The number of aliphatic hydroxyl groups is 4. The van der Waals surface area contributed by atoms with Crippen molar-refractivity contribution in [2.75, 3.05) is 6.61 Å². The van der Waals surface area contributed by atoms with Crippen LogP contribution in [0.4, 0.5) is 0 Å². The van der Waals surface area contributed by atoms with Crippen LogP contribution in [0.15, 0.2) is 0 Å². The molecule has 4 N–H and O–H groups in total. The van der Waals surface area contributed by atoms with E-state index in [1.54, 1.807) is 6.92 Å². The minimum atomic E-state index is -2.00. The first kappa shape index (κ1) is 15.0. The Bertz CT molecular complexity index is 230. The number of carbonyl (C=O) groups is 2. The number of hydrogen-bond acceptors (Lipinski definition) is 7. The minimum absolute atomic E-state index is 0.0159. The predicted octanol–water partition coefficient (Wildman–Crippen LogP) is -2.42. The molecule has 0 bridgehead atoms. The smallest absolute Gasteiger partial charge is 0.337 e. The van der Waals surface area contributed by atoms with Gasteiger partial charge in [-0.1, -0.05) is 6.92 Å². The highest BCUT2D eigenvalue weighted by atomic mass is 16.5. The molecule has 0 amide bonds. The van der Waals surface area contributed by atoms with Crippen LogP contribution >= 0.6 is 0 Å². The molecule has 0 saturated heterocycles. The van der Waals surface area contributed by atoms with E-state index in [1.165, 1.54) is 0 Å². The second-order valence-electron chi connectivity index (χ2n) is 3.22. The van der Waals surface area contributed by atoms with Crippen LogP contribution in [0, 0.1) is 0 Å². The number of aldehydes is 1. The normalized spacial score (nSPS) is 18.3. The third-order valence-corrected chi connectivity index (χ3v) is 1.85. The zero-order valence-electron chi connectivity index (χ0n) is 8.81. The summed E-state index contributed by atoms with van der Waals surface area (Å²) in [5.74, 6) is -1.12. The Balaban J connectivity index is 4.30. The Morgan fingerprint density at radius 2 is 1.81 bits per heavy atom. The van der Waals surface area contributed by atoms with E-state index in [2.05, 4.69) is 4.74 Å². The van der Waals surface area contributed by atoms with Crippen molar-refractivity contribution in [3.63, 3.8) is 0 Å². The van der Waals surface area contributed by atoms with E-state index in [9.17, 15) is 19.8 Å². The van der Waals surface area contributed by atoms with Crippen molar-refractivity contribution >= 4 is 12.3 Å². The maximum atomic E-state index is 11.0. The van der Waals surface area contributed by atoms with Gasteiger partial charge in [0.1, 0.15) is 18.3 Å². The van der Waals surface area contributed by atoms with Gasteiger partial charge in [0.2, 0.25) is 0 Å². The average molecular weight is 236 g/mol. The number of aliphatic hydroxyl groups excluding tert-OH is 4. The lowest BCUT2D eigenvalue weighted by Gasteiger charge is -2.22. The topological polar surface area (TPSA) is 124 Å². The van der Waals surface area contributed by atoms with Crippen molar-refractivity contribution in [3.8, 4) is 0 Å². The van der Waals surface area contributed by atoms with E-state index in [4.69, 9.17) is 10.2 Å². The molecule has 0 spiro atoms. The molecule has 0 rings (SSSR count). The van der Waals surface area contributed by atoms with Gasteiger partial charge in [-0.2, -0.15) is 0 Å². The second-order valence-corrected chi connectivity index (χ2v) is 3.22. The van der Waals surface area contributed by atoms with Crippen LogP contribution in [0.1, 0.15) is 13.3 Å². The summed E-state index contributed by atoms with van der Waals surface area (Å²) in [7, 11) is 0. The molecule has 0 aromatic carbocycles. The first-order valence-electron chi connectivity index (χ1n) is 4.79. The number of rotatable bonds is 7. The van der Waals surface area contributed by atoms with Gasteiger partial charge in [0.05, 0.1) is 6.61 Å². The summed E-state index contributed by atoms with van der Waals surface area (Å²) >= 11 is 0. The van der Waals surface area contributed by atoms with E-state index in [1.807, 2.05) is 0 Å². The molecule has 0 aromatic rings. The van der Waals surface area contributed by atoms with Gasteiger partial charge in [-0.05, 0) is 6.42 Å². The van der Waals surface area contributed by atoms with Gasteiger partial charge in [0.15, 0.2) is 12.4 Å². The van der Waals surface area contributed by atoms with Crippen molar-refractivity contribution in [2.24, 2.45) is 0 Å². The first-order valence-corrected chi connectivity index (χ1v) is 4.79. The molecular weight excluding hydrogens is 220 g/mol. The average Bonchev–Trinajstić information content (AvgIpc) is 2.31. The molecule has 0 unspecified atom stereocenters. The number of ether oxygens (including phenoxy) is 1. The molecule has 16 heavy (non-hydrogen) atoms. The molecule has 0 fully saturated rings. The quantitative estimate of drug-likeness (QED) is 0.286. The van der Waals surface area contributed by atoms with E-state index in [-0.39, 0.29) is 12.9 Å². The molecule has 0 aliphatic heterocycles. The lowest BCUT2D eigenvalue weighted by atomic mass is 10.0. The van der Waals surface area contributed by atoms with Crippen LogP contribution in [0.25, 0.3) is 0 Å². The van der Waals surface area contributed by atoms with Crippen molar-refractivity contribution in [1.82, 2.24) is 0 Å². The SMILES string of the molecule is CCCOC(=O)[C@@H](O)[C@@H](O)[C@H](O)[C@@H](O)C=O. The fourth-order valence-corrected chi connectivity index (χ4v) is 0.897. The van der Waals surface area contributed by atoms with Gasteiger partial charge in [-0.25, -0.2) is 4.79 Å². The van der Waals surface area contributed by atoms with Crippen LogP contribution in [0.2, 0.25) is 0 Å². The van der Waals surface area contributed by atoms with Crippen molar-refractivity contribution in [3.05, 3.63) is 0 Å².